The van der Waals surface area contributed by atoms with Crippen LogP contribution < -0.4 is 15.8 Å². The third kappa shape index (κ3) is 3.92. The van der Waals surface area contributed by atoms with Gasteiger partial charge in [-0.05, 0) is 50.1 Å². The zero-order valence-corrected chi connectivity index (χ0v) is 20.4. The molecule has 9 heteroatoms. The normalized spacial score (nSPS) is 20.0. The van der Waals surface area contributed by atoms with Crippen LogP contribution >= 0.6 is 0 Å². The Bertz CT molecular complexity index is 1650. The Kier molecular flexibility index (Phi) is 5.17. The number of hydrogen-bond acceptors (Lipinski definition) is 7. The number of aromatic amines is 2. The summed E-state index contributed by atoms with van der Waals surface area (Å²) in [5, 5.41) is 4.40. The number of aromatic nitrogens is 5. The van der Waals surface area contributed by atoms with Crippen molar-refractivity contribution in [1.29, 1.82) is 0 Å². The highest BCUT2D eigenvalue weighted by molar-refractivity contribution is 5.99. The second kappa shape index (κ2) is 8.70. The standard InChI is InChI=1S/C28H27N7O2/c1-16(26-29-11-4-12-30-26)31-25-20-5-2-3-6-21(20)34-28(36)24(25)27-32-22-10-7-17(13-23(22)33-27)35-14-18-8-9-19(15-35)37-18/h2-7,10-13,16,18-19H,8-9,14-15H2,1H3,(H,32,33)(H2,31,34,36). The van der Waals surface area contributed by atoms with Gasteiger partial charge in [-0.25, -0.2) is 15.0 Å². The molecule has 0 radical (unpaired) electrons. The lowest BCUT2D eigenvalue weighted by atomic mass is 10.1. The van der Waals surface area contributed by atoms with Crippen LogP contribution in [0.25, 0.3) is 33.3 Å². The first-order chi connectivity index (χ1) is 18.1. The molecule has 7 rings (SSSR count). The summed E-state index contributed by atoms with van der Waals surface area (Å²) in [7, 11) is 0. The number of rotatable bonds is 5. The van der Waals surface area contributed by atoms with Crippen molar-refractivity contribution in [3.63, 3.8) is 0 Å². The van der Waals surface area contributed by atoms with E-state index < -0.39 is 0 Å². The van der Waals surface area contributed by atoms with Crippen molar-refractivity contribution < 1.29 is 4.74 Å². The van der Waals surface area contributed by atoms with Gasteiger partial charge < -0.3 is 24.9 Å². The number of nitrogens with zero attached hydrogens (tertiary/aromatic N) is 4. The van der Waals surface area contributed by atoms with Crippen LogP contribution in [0.2, 0.25) is 0 Å². The quantitative estimate of drug-likeness (QED) is 0.333. The Morgan fingerprint density at radius 2 is 1.78 bits per heavy atom. The Balaban J connectivity index is 1.32. The molecule has 2 saturated heterocycles. The van der Waals surface area contributed by atoms with E-state index in [9.17, 15) is 4.79 Å². The lowest BCUT2D eigenvalue weighted by Crippen LogP contribution is -2.42. The van der Waals surface area contributed by atoms with E-state index in [0.29, 0.717) is 35.1 Å². The molecule has 2 aromatic carbocycles. The summed E-state index contributed by atoms with van der Waals surface area (Å²) < 4.78 is 6.01. The third-order valence-electron chi connectivity index (χ3n) is 7.37. The van der Waals surface area contributed by atoms with Gasteiger partial charge in [0.05, 0.1) is 40.5 Å². The maximum absolute atomic E-state index is 13.4. The predicted molar refractivity (Wildman–Crippen MR) is 144 cm³/mol. The molecule has 2 aliphatic heterocycles. The molecule has 5 heterocycles. The van der Waals surface area contributed by atoms with Crippen LogP contribution in [0.5, 0.6) is 0 Å². The summed E-state index contributed by atoms with van der Waals surface area (Å²) in [5.74, 6) is 1.16. The maximum atomic E-state index is 13.4. The number of H-pyrrole nitrogens is 2. The first-order valence-corrected chi connectivity index (χ1v) is 12.7. The predicted octanol–water partition coefficient (Wildman–Crippen LogP) is 4.40. The number of para-hydroxylation sites is 1. The summed E-state index contributed by atoms with van der Waals surface area (Å²) in [6.45, 7) is 3.79. The summed E-state index contributed by atoms with van der Waals surface area (Å²) >= 11 is 0. The molecule has 5 aromatic rings. The lowest BCUT2D eigenvalue weighted by Gasteiger charge is -2.33. The summed E-state index contributed by atoms with van der Waals surface area (Å²) in [6, 6.07) is 15.6. The van der Waals surface area contributed by atoms with Gasteiger partial charge in [0, 0.05) is 36.6 Å². The van der Waals surface area contributed by atoms with Crippen molar-refractivity contribution in [3.05, 3.63) is 77.1 Å². The van der Waals surface area contributed by atoms with Gasteiger partial charge in [-0.15, -0.1) is 0 Å². The molecule has 0 saturated carbocycles. The van der Waals surface area contributed by atoms with E-state index in [1.54, 1.807) is 18.5 Å². The number of morpholine rings is 1. The number of nitrogens with one attached hydrogen (secondary N) is 3. The van der Waals surface area contributed by atoms with Crippen molar-refractivity contribution in [2.45, 2.75) is 38.0 Å². The van der Waals surface area contributed by atoms with Crippen LogP contribution in [-0.4, -0.2) is 50.2 Å². The second-order valence-electron chi connectivity index (χ2n) is 9.87. The number of benzene rings is 2. The highest BCUT2D eigenvalue weighted by Crippen LogP contribution is 2.34. The van der Waals surface area contributed by atoms with Crippen molar-refractivity contribution >= 4 is 33.3 Å². The first kappa shape index (κ1) is 22.0. The van der Waals surface area contributed by atoms with Gasteiger partial charge in [0.25, 0.3) is 5.56 Å². The number of imidazole rings is 1. The first-order valence-electron chi connectivity index (χ1n) is 12.7. The van der Waals surface area contributed by atoms with Crippen molar-refractivity contribution in [2.75, 3.05) is 23.3 Å². The topological polar surface area (TPSA) is 112 Å². The molecule has 0 amide bonds. The summed E-state index contributed by atoms with van der Waals surface area (Å²) in [5.41, 5.74) is 4.54. The van der Waals surface area contributed by atoms with E-state index in [4.69, 9.17) is 9.72 Å². The van der Waals surface area contributed by atoms with Crippen LogP contribution in [0.15, 0.2) is 65.7 Å². The Morgan fingerprint density at radius 1 is 1.00 bits per heavy atom. The Hall–Kier alpha value is -4.24. The van der Waals surface area contributed by atoms with E-state index in [-0.39, 0.29) is 11.6 Å². The van der Waals surface area contributed by atoms with Gasteiger partial charge in [-0.1, -0.05) is 18.2 Å². The van der Waals surface area contributed by atoms with E-state index >= 15 is 0 Å². The maximum Gasteiger partial charge on any atom is 0.261 e. The van der Waals surface area contributed by atoms with Crippen molar-refractivity contribution in [2.24, 2.45) is 0 Å². The number of fused-ring (bicyclic) bond motifs is 4. The number of anilines is 2. The molecule has 0 aliphatic carbocycles. The smallest absolute Gasteiger partial charge is 0.261 e. The number of hydrogen-bond donors (Lipinski definition) is 3. The van der Waals surface area contributed by atoms with Gasteiger partial charge >= 0.3 is 0 Å². The highest BCUT2D eigenvalue weighted by Gasteiger charge is 2.34. The van der Waals surface area contributed by atoms with Gasteiger partial charge in [-0.2, -0.15) is 0 Å². The molecule has 3 aromatic heterocycles. The van der Waals surface area contributed by atoms with E-state index in [0.717, 1.165) is 53.6 Å². The minimum absolute atomic E-state index is 0.216. The molecule has 3 unspecified atom stereocenters. The van der Waals surface area contributed by atoms with Crippen molar-refractivity contribution in [3.8, 4) is 11.4 Å². The Labute approximate surface area is 212 Å². The second-order valence-corrected chi connectivity index (χ2v) is 9.87. The van der Waals surface area contributed by atoms with Crippen LogP contribution in [0.1, 0.15) is 31.6 Å². The molecule has 0 spiro atoms. The van der Waals surface area contributed by atoms with E-state index in [1.807, 2.05) is 37.3 Å². The fraction of sp³-hybridized carbons (Fsp3) is 0.286. The largest absolute Gasteiger partial charge is 0.374 e. The summed E-state index contributed by atoms with van der Waals surface area (Å²) in [6.07, 6.45) is 6.32. The monoisotopic (exact) mass is 493 g/mol. The van der Waals surface area contributed by atoms with Gasteiger partial charge in [0.15, 0.2) is 0 Å². The number of pyridine rings is 1. The Morgan fingerprint density at radius 3 is 2.59 bits per heavy atom. The molecule has 3 atom stereocenters. The molecule has 37 heavy (non-hydrogen) atoms. The summed E-state index contributed by atoms with van der Waals surface area (Å²) in [4.78, 5) is 35.9. The molecule has 3 N–H and O–H groups in total. The minimum atomic E-state index is -0.224. The molecule has 9 nitrogen and oxygen atoms in total. The fourth-order valence-corrected chi connectivity index (χ4v) is 5.57. The van der Waals surface area contributed by atoms with Crippen LogP contribution in [-0.2, 0) is 4.74 Å². The molecule has 2 aliphatic rings. The van der Waals surface area contributed by atoms with Crippen LogP contribution in [0.4, 0.5) is 11.4 Å². The lowest BCUT2D eigenvalue weighted by molar-refractivity contribution is 0.0305. The van der Waals surface area contributed by atoms with Crippen molar-refractivity contribution in [1.82, 2.24) is 24.9 Å². The van der Waals surface area contributed by atoms with E-state index in [1.165, 1.54) is 0 Å². The SMILES string of the molecule is CC(Nc1c(-c2nc3ccc(N4CC5CCC(C4)O5)cc3[nH]2)c(=O)[nH]c2ccccc12)c1ncccn1. The number of ether oxygens (including phenoxy) is 1. The minimum Gasteiger partial charge on any atom is -0.374 e. The zero-order valence-electron chi connectivity index (χ0n) is 20.4. The average Bonchev–Trinajstić information content (AvgIpc) is 3.50. The van der Waals surface area contributed by atoms with Gasteiger partial charge in [-0.3, -0.25) is 4.79 Å². The molecular formula is C28H27N7O2. The van der Waals surface area contributed by atoms with Gasteiger partial charge in [0.2, 0.25) is 0 Å². The molecular weight excluding hydrogens is 466 g/mol. The fourth-order valence-electron chi connectivity index (χ4n) is 5.57. The molecule has 2 bridgehead atoms. The third-order valence-corrected chi connectivity index (χ3v) is 7.37. The van der Waals surface area contributed by atoms with Crippen LogP contribution in [0, 0.1) is 0 Å². The molecule has 186 valence electrons. The molecule has 2 fully saturated rings. The van der Waals surface area contributed by atoms with Crippen LogP contribution in [0.3, 0.4) is 0 Å². The average molecular weight is 494 g/mol. The highest BCUT2D eigenvalue weighted by atomic mass is 16.5. The zero-order chi connectivity index (χ0) is 24.9. The van der Waals surface area contributed by atoms with Gasteiger partial charge in [0.1, 0.15) is 17.2 Å². The van der Waals surface area contributed by atoms with E-state index in [2.05, 4.69) is 42.3 Å².